The number of rotatable bonds is 3. The van der Waals surface area contributed by atoms with Crippen LogP contribution < -0.4 is 0 Å². The van der Waals surface area contributed by atoms with Crippen LogP contribution in [-0.4, -0.2) is 0 Å². The summed E-state index contributed by atoms with van der Waals surface area (Å²) < 4.78 is 0. The van der Waals surface area contributed by atoms with Gasteiger partial charge in [-0.25, -0.2) is 0 Å². The molecule has 0 heterocycles. The molecule has 1 aliphatic rings. The predicted octanol–water partition coefficient (Wildman–Crippen LogP) is 3.71. The van der Waals surface area contributed by atoms with E-state index in [1.165, 1.54) is 19.3 Å². The Kier molecular flexibility index (Phi) is 2.98. The molecule has 1 rings (SSSR count). The van der Waals surface area contributed by atoms with Crippen molar-refractivity contribution in [2.45, 2.75) is 47.0 Å². The van der Waals surface area contributed by atoms with Crippen molar-refractivity contribution < 1.29 is 0 Å². The van der Waals surface area contributed by atoms with Crippen molar-refractivity contribution >= 4 is 0 Å². The SMILES string of the molecule is CCC(C(C)C)C1CC(C)C1. The van der Waals surface area contributed by atoms with Crippen molar-refractivity contribution in [3.05, 3.63) is 0 Å². The number of hydrogen-bond acceptors (Lipinski definition) is 0. The van der Waals surface area contributed by atoms with Crippen LogP contribution in [0, 0.1) is 23.7 Å². The topological polar surface area (TPSA) is 0 Å². The van der Waals surface area contributed by atoms with Gasteiger partial charge in [-0.3, -0.25) is 0 Å². The molecule has 0 radical (unpaired) electrons. The largest absolute Gasteiger partial charge is 0.0651 e. The fraction of sp³-hybridized carbons (Fsp3) is 1.00. The Bertz CT molecular complexity index is 109. The fourth-order valence-electron chi connectivity index (χ4n) is 2.66. The number of hydrogen-bond donors (Lipinski definition) is 0. The molecule has 0 nitrogen and oxygen atoms in total. The maximum absolute atomic E-state index is 2.38. The molecule has 0 aliphatic heterocycles. The zero-order valence-electron chi connectivity index (χ0n) is 8.43. The predicted molar refractivity (Wildman–Crippen MR) is 50.5 cm³/mol. The summed E-state index contributed by atoms with van der Waals surface area (Å²) >= 11 is 0. The molecule has 0 bridgehead atoms. The molecule has 1 fully saturated rings. The molecule has 0 aromatic heterocycles. The first-order valence-corrected chi connectivity index (χ1v) is 5.15. The lowest BCUT2D eigenvalue weighted by Gasteiger charge is -2.40. The van der Waals surface area contributed by atoms with Crippen LogP contribution in [0.15, 0.2) is 0 Å². The van der Waals surface area contributed by atoms with Crippen molar-refractivity contribution in [1.29, 1.82) is 0 Å². The van der Waals surface area contributed by atoms with E-state index in [0.29, 0.717) is 0 Å². The second-order valence-corrected chi connectivity index (χ2v) is 4.65. The maximum atomic E-state index is 2.38. The normalized spacial score (nSPS) is 33.5. The van der Waals surface area contributed by atoms with E-state index in [-0.39, 0.29) is 0 Å². The van der Waals surface area contributed by atoms with E-state index < -0.39 is 0 Å². The zero-order valence-corrected chi connectivity index (χ0v) is 8.43. The summed E-state index contributed by atoms with van der Waals surface area (Å²) in [6, 6.07) is 0. The highest BCUT2D eigenvalue weighted by Gasteiger charge is 2.32. The van der Waals surface area contributed by atoms with E-state index in [4.69, 9.17) is 0 Å². The Morgan fingerprint density at radius 2 is 1.82 bits per heavy atom. The van der Waals surface area contributed by atoms with Crippen LogP contribution in [0.25, 0.3) is 0 Å². The summed E-state index contributed by atoms with van der Waals surface area (Å²) in [7, 11) is 0. The van der Waals surface area contributed by atoms with Crippen molar-refractivity contribution in [2.75, 3.05) is 0 Å². The molecule has 11 heavy (non-hydrogen) atoms. The minimum atomic E-state index is 0.900. The van der Waals surface area contributed by atoms with Gasteiger partial charge in [-0.05, 0) is 36.5 Å². The van der Waals surface area contributed by atoms with Crippen LogP contribution in [-0.2, 0) is 0 Å². The molecule has 0 spiro atoms. The molecule has 0 N–H and O–H groups in total. The van der Waals surface area contributed by atoms with Gasteiger partial charge in [0.05, 0.1) is 0 Å². The smallest absolute Gasteiger partial charge is 0.0365 e. The first kappa shape index (κ1) is 9.09. The van der Waals surface area contributed by atoms with Crippen molar-refractivity contribution in [1.82, 2.24) is 0 Å². The minimum absolute atomic E-state index is 0.900. The Hall–Kier alpha value is 0. The van der Waals surface area contributed by atoms with Crippen LogP contribution in [0.3, 0.4) is 0 Å². The van der Waals surface area contributed by atoms with Gasteiger partial charge in [-0.2, -0.15) is 0 Å². The standard InChI is InChI=1S/C11H22/c1-5-11(8(2)3)10-6-9(4)7-10/h8-11H,5-7H2,1-4H3. The highest BCUT2D eigenvalue weighted by Crippen LogP contribution is 2.42. The molecule has 1 atom stereocenters. The molecular formula is C11H22. The van der Waals surface area contributed by atoms with E-state index in [2.05, 4.69) is 27.7 Å². The first-order chi connectivity index (χ1) is 5.15. The van der Waals surface area contributed by atoms with Crippen LogP contribution >= 0.6 is 0 Å². The summed E-state index contributed by atoms with van der Waals surface area (Å²) in [6.45, 7) is 9.46. The van der Waals surface area contributed by atoms with Gasteiger partial charge in [0.1, 0.15) is 0 Å². The Balaban J connectivity index is 2.32. The van der Waals surface area contributed by atoms with E-state index in [9.17, 15) is 0 Å². The van der Waals surface area contributed by atoms with Gasteiger partial charge in [0.15, 0.2) is 0 Å². The lowest BCUT2D eigenvalue weighted by atomic mass is 9.65. The second-order valence-electron chi connectivity index (χ2n) is 4.65. The van der Waals surface area contributed by atoms with Gasteiger partial charge in [-0.1, -0.05) is 34.1 Å². The summed E-state index contributed by atoms with van der Waals surface area (Å²) in [5.74, 6) is 3.99. The van der Waals surface area contributed by atoms with Crippen LogP contribution in [0.5, 0.6) is 0 Å². The Morgan fingerprint density at radius 1 is 1.27 bits per heavy atom. The molecule has 0 heteroatoms. The van der Waals surface area contributed by atoms with Gasteiger partial charge < -0.3 is 0 Å². The third-order valence-electron chi connectivity index (χ3n) is 3.34. The van der Waals surface area contributed by atoms with Gasteiger partial charge in [0.2, 0.25) is 0 Å². The molecule has 0 amide bonds. The third kappa shape index (κ3) is 1.98. The minimum Gasteiger partial charge on any atom is -0.0651 e. The maximum Gasteiger partial charge on any atom is -0.0365 e. The average molecular weight is 154 g/mol. The summed E-state index contributed by atoms with van der Waals surface area (Å²) in [6.07, 6.45) is 4.38. The fourth-order valence-corrected chi connectivity index (χ4v) is 2.66. The molecule has 0 aromatic rings. The van der Waals surface area contributed by atoms with Gasteiger partial charge >= 0.3 is 0 Å². The van der Waals surface area contributed by atoms with Crippen molar-refractivity contribution in [3.63, 3.8) is 0 Å². The van der Waals surface area contributed by atoms with E-state index in [1.807, 2.05) is 0 Å². The second kappa shape index (κ2) is 3.60. The monoisotopic (exact) mass is 154 g/mol. The molecule has 1 saturated carbocycles. The molecule has 0 aromatic carbocycles. The quantitative estimate of drug-likeness (QED) is 0.581. The molecular weight excluding hydrogens is 132 g/mol. The summed E-state index contributed by atoms with van der Waals surface area (Å²) in [5.41, 5.74) is 0. The lowest BCUT2D eigenvalue weighted by Crippen LogP contribution is -2.30. The lowest BCUT2D eigenvalue weighted by molar-refractivity contribution is 0.102. The highest BCUT2D eigenvalue weighted by molar-refractivity contribution is 4.82. The Morgan fingerprint density at radius 3 is 2.09 bits per heavy atom. The first-order valence-electron chi connectivity index (χ1n) is 5.15. The van der Waals surface area contributed by atoms with Gasteiger partial charge in [-0.15, -0.1) is 0 Å². The molecule has 66 valence electrons. The summed E-state index contributed by atoms with van der Waals surface area (Å²) in [4.78, 5) is 0. The molecule has 0 saturated heterocycles. The third-order valence-corrected chi connectivity index (χ3v) is 3.34. The van der Waals surface area contributed by atoms with Crippen molar-refractivity contribution in [2.24, 2.45) is 23.7 Å². The van der Waals surface area contributed by atoms with E-state index in [0.717, 1.165) is 23.7 Å². The van der Waals surface area contributed by atoms with Gasteiger partial charge in [0.25, 0.3) is 0 Å². The molecule has 1 aliphatic carbocycles. The van der Waals surface area contributed by atoms with E-state index in [1.54, 1.807) is 0 Å². The summed E-state index contributed by atoms with van der Waals surface area (Å²) in [5, 5.41) is 0. The highest BCUT2D eigenvalue weighted by atomic mass is 14.4. The van der Waals surface area contributed by atoms with E-state index >= 15 is 0 Å². The van der Waals surface area contributed by atoms with Crippen LogP contribution in [0.1, 0.15) is 47.0 Å². The van der Waals surface area contributed by atoms with Crippen LogP contribution in [0.4, 0.5) is 0 Å². The Labute approximate surface area is 71.4 Å². The van der Waals surface area contributed by atoms with Gasteiger partial charge in [0, 0.05) is 0 Å². The molecule has 1 unspecified atom stereocenters. The zero-order chi connectivity index (χ0) is 8.43. The van der Waals surface area contributed by atoms with Crippen molar-refractivity contribution in [3.8, 4) is 0 Å². The van der Waals surface area contributed by atoms with Crippen LogP contribution in [0.2, 0.25) is 0 Å². The average Bonchev–Trinajstić information content (AvgIpc) is 1.85.